The highest BCUT2D eigenvalue weighted by Crippen LogP contribution is 2.27. The largest absolute Gasteiger partial charge is 0.359 e. The van der Waals surface area contributed by atoms with Gasteiger partial charge >= 0.3 is 0 Å². The summed E-state index contributed by atoms with van der Waals surface area (Å²) in [4.78, 5) is 22.3. The lowest BCUT2D eigenvalue weighted by molar-refractivity contribution is 0.0618. The molecule has 2 N–H and O–H groups in total. The van der Waals surface area contributed by atoms with Gasteiger partial charge in [0.1, 0.15) is 0 Å². The summed E-state index contributed by atoms with van der Waals surface area (Å²) >= 11 is 0. The number of hydrogen-bond acceptors (Lipinski definition) is 3. The fourth-order valence-electron chi connectivity index (χ4n) is 3.52. The third-order valence-corrected chi connectivity index (χ3v) is 4.66. The Morgan fingerprint density at radius 2 is 2.20 bits per heavy atom. The summed E-state index contributed by atoms with van der Waals surface area (Å²) in [5, 5.41) is 4.21. The van der Waals surface area contributed by atoms with Gasteiger partial charge in [-0.3, -0.25) is 4.79 Å². The maximum atomic E-state index is 12.5. The zero-order valence-electron chi connectivity index (χ0n) is 11.3. The van der Waals surface area contributed by atoms with Crippen LogP contribution in [0.2, 0.25) is 0 Å². The number of carbonyl (C=O) groups is 1. The normalized spacial score (nSPS) is 28.7. The number of piperidine rings is 3. The summed E-state index contributed by atoms with van der Waals surface area (Å²) < 4.78 is 0. The van der Waals surface area contributed by atoms with Gasteiger partial charge in [-0.25, -0.2) is 4.98 Å². The maximum Gasteiger partial charge on any atom is 0.272 e. The standard InChI is InChI=1S/C15H18N4O/c20-15(14-13-11(1-5-16-13)2-6-17-14)18-12-9-19-7-3-10(12)4-8-19/h1-2,5-6,10,12,16H,3-4,7-9H2,(H,18,20)/t12-/m0/s1. The Hall–Kier alpha value is -1.88. The van der Waals surface area contributed by atoms with Crippen molar-refractivity contribution in [2.75, 3.05) is 19.6 Å². The molecule has 2 aromatic heterocycles. The van der Waals surface area contributed by atoms with Crippen LogP contribution in [-0.2, 0) is 0 Å². The molecule has 20 heavy (non-hydrogen) atoms. The van der Waals surface area contributed by atoms with Crippen LogP contribution in [0.1, 0.15) is 23.3 Å². The number of aromatic nitrogens is 2. The number of nitrogens with one attached hydrogen (secondary N) is 2. The molecule has 5 nitrogen and oxygen atoms in total. The average Bonchev–Trinajstić information content (AvgIpc) is 2.96. The highest BCUT2D eigenvalue weighted by Gasteiger charge is 2.35. The highest BCUT2D eigenvalue weighted by molar-refractivity contribution is 6.03. The van der Waals surface area contributed by atoms with Crippen LogP contribution in [0.4, 0.5) is 0 Å². The second-order valence-corrected chi connectivity index (χ2v) is 5.82. The monoisotopic (exact) mass is 270 g/mol. The third kappa shape index (κ3) is 1.89. The number of fused-ring (bicyclic) bond motifs is 4. The molecule has 3 saturated heterocycles. The zero-order chi connectivity index (χ0) is 13.5. The maximum absolute atomic E-state index is 12.5. The predicted octanol–water partition coefficient (Wildman–Crippen LogP) is 1.39. The molecule has 2 aromatic rings. The minimum atomic E-state index is -0.0585. The van der Waals surface area contributed by atoms with E-state index in [0.29, 0.717) is 11.6 Å². The van der Waals surface area contributed by atoms with Crippen LogP contribution in [0.25, 0.3) is 10.9 Å². The molecule has 5 rings (SSSR count). The minimum absolute atomic E-state index is 0.0585. The Bertz CT molecular complexity index is 642. The molecule has 5 heterocycles. The topological polar surface area (TPSA) is 61.0 Å². The third-order valence-electron chi connectivity index (χ3n) is 4.66. The van der Waals surface area contributed by atoms with Crippen LogP contribution in [0.5, 0.6) is 0 Å². The molecule has 0 aromatic carbocycles. The molecule has 3 fully saturated rings. The van der Waals surface area contributed by atoms with Gasteiger partial charge < -0.3 is 15.2 Å². The van der Waals surface area contributed by atoms with Gasteiger partial charge in [-0.1, -0.05) is 0 Å². The van der Waals surface area contributed by atoms with Gasteiger partial charge in [0.15, 0.2) is 5.69 Å². The average molecular weight is 270 g/mol. The van der Waals surface area contributed by atoms with Crippen molar-refractivity contribution in [3.63, 3.8) is 0 Å². The molecule has 3 aliphatic heterocycles. The SMILES string of the molecule is O=C(N[C@H]1CN2CCC1CC2)c1nccc2cc[nH]c12. The van der Waals surface area contributed by atoms with Crippen molar-refractivity contribution >= 4 is 16.8 Å². The Kier molecular flexibility index (Phi) is 2.73. The molecular weight excluding hydrogens is 252 g/mol. The van der Waals surface area contributed by atoms with Crippen LogP contribution in [0.3, 0.4) is 0 Å². The molecule has 104 valence electrons. The molecule has 0 saturated carbocycles. The van der Waals surface area contributed by atoms with Crippen LogP contribution in [0.15, 0.2) is 24.5 Å². The van der Waals surface area contributed by atoms with Gasteiger partial charge in [0.2, 0.25) is 0 Å². The first-order valence-electron chi connectivity index (χ1n) is 7.26. The number of hydrogen-bond donors (Lipinski definition) is 2. The zero-order valence-corrected chi connectivity index (χ0v) is 11.3. The first-order valence-corrected chi connectivity index (χ1v) is 7.26. The van der Waals surface area contributed by atoms with E-state index in [1.54, 1.807) is 6.20 Å². The predicted molar refractivity (Wildman–Crippen MR) is 76.5 cm³/mol. The molecule has 5 heteroatoms. The van der Waals surface area contributed by atoms with Gasteiger partial charge in [0.05, 0.1) is 5.52 Å². The molecule has 1 atom stereocenters. The van der Waals surface area contributed by atoms with Crippen molar-refractivity contribution in [3.8, 4) is 0 Å². The van der Waals surface area contributed by atoms with E-state index in [1.807, 2.05) is 18.3 Å². The van der Waals surface area contributed by atoms with Gasteiger partial charge in [-0.15, -0.1) is 0 Å². The van der Waals surface area contributed by atoms with Crippen molar-refractivity contribution < 1.29 is 4.79 Å². The van der Waals surface area contributed by atoms with Gasteiger partial charge in [-0.05, 0) is 44.0 Å². The van der Waals surface area contributed by atoms with Crippen molar-refractivity contribution in [2.24, 2.45) is 5.92 Å². The fourth-order valence-corrected chi connectivity index (χ4v) is 3.52. The molecule has 0 spiro atoms. The van der Waals surface area contributed by atoms with Gasteiger partial charge in [0.25, 0.3) is 5.91 Å². The highest BCUT2D eigenvalue weighted by atomic mass is 16.2. The molecule has 1 amide bonds. The lowest BCUT2D eigenvalue weighted by Gasteiger charge is -2.44. The quantitative estimate of drug-likeness (QED) is 0.867. The Labute approximate surface area is 117 Å². The summed E-state index contributed by atoms with van der Waals surface area (Å²) in [7, 11) is 0. The van der Waals surface area contributed by atoms with E-state index in [4.69, 9.17) is 0 Å². The van der Waals surface area contributed by atoms with Crippen LogP contribution in [-0.4, -0.2) is 46.5 Å². The first kappa shape index (κ1) is 11.9. The second-order valence-electron chi connectivity index (χ2n) is 5.82. The molecule has 0 radical (unpaired) electrons. The first-order chi connectivity index (χ1) is 9.81. The summed E-state index contributed by atoms with van der Waals surface area (Å²) in [5.74, 6) is 0.573. The summed E-state index contributed by atoms with van der Waals surface area (Å²) in [6.07, 6.45) is 5.94. The van der Waals surface area contributed by atoms with E-state index in [-0.39, 0.29) is 11.9 Å². The van der Waals surface area contributed by atoms with E-state index in [1.165, 1.54) is 25.9 Å². The van der Waals surface area contributed by atoms with Crippen LogP contribution >= 0.6 is 0 Å². The number of H-pyrrole nitrogens is 1. The van der Waals surface area contributed by atoms with E-state index >= 15 is 0 Å². The van der Waals surface area contributed by atoms with Gasteiger partial charge in [0, 0.05) is 30.4 Å². The van der Waals surface area contributed by atoms with E-state index < -0.39 is 0 Å². The summed E-state index contributed by atoms with van der Waals surface area (Å²) in [6.45, 7) is 3.35. The fraction of sp³-hybridized carbons (Fsp3) is 0.467. The Morgan fingerprint density at radius 1 is 1.35 bits per heavy atom. The van der Waals surface area contributed by atoms with Crippen molar-refractivity contribution in [1.29, 1.82) is 0 Å². The van der Waals surface area contributed by atoms with Crippen LogP contribution in [0, 0.1) is 5.92 Å². The molecule has 0 unspecified atom stereocenters. The van der Waals surface area contributed by atoms with Crippen molar-refractivity contribution in [2.45, 2.75) is 18.9 Å². The number of amides is 1. The van der Waals surface area contributed by atoms with Crippen molar-refractivity contribution in [3.05, 3.63) is 30.2 Å². The summed E-state index contributed by atoms with van der Waals surface area (Å²) in [6, 6.07) is 4.15. The Balaban J connectivity index is 1.57. The lowest BCUT2D eigenvalue weighted by atomic mass is 9.84. The summed E-state index contributed by atoms with van der Waals surface area (Å²) in [5.41, 5.74) is 1.33. The number of aromatic amines is 1. The van der Waals surface area contributed by atoms with E-state index in [9.17, 15) is 4.79 Å². The van der Waals surface area contributed by atoms with Gasteiger partial charge in [-0.2, -0.15) is 0 Å². The Morgan fingerprint density at radius 3 is 2.95 bits per heavy atom. The number of carbonyl (C=O) groups excluding carboxylic acids is 1. The van der Waals surface area contributed by atoms with E-state index in [0.717, 1.165) is 17.4 Å². The smallest absolute Gasteiger partial charge is 0.272 e. The molecule has 2 bridgehead atoms. The molecule has 0 aliphatic carbocycles. The number of nitrogens with zero attached hydrogens (tertiary/aromatic N) is 2. The van der Waals surface area contributed by atoms with Crippen molar-refractivity contribution in [1.82, 2.24) is 20.2 Å². The minimum Gasteiger partial charge on any atom is -0.359 e. The number of pyridine rings is 1. The number of rotatable bonds is 2. The second kappa shape index (κ2) is 4.59. The van der Waals surface area contributed by atoms with E-state index in [2.05, 4.69) is 20.2 Å². The van der Waals surface area contributed by atoms with Crippen LogP contribution < -0.4 is 5.32 Å². The molecular formula is C15H18N4O. The molecule has 3 aliphatic rings. The lowest BCUT2D eigenvalue weighted by Crippen LogP contribution is -2.57.